The number of nitrogens with zero attached hydrogens (tertiary/aromatic N) is 1. The van der Waals surface area contributed by atoms with E-state index in [1.807, 2.05) is 24.3 Å². The van der Waals surface area contributed by atoms with Gasteiger partial charge in [0.05, 0.1) is 22.5 Å². The zero-order valence-corrected chi connectivity index (χ0v) is 17.6. The third-order valence-electron chi connectivity index (χ3n) is 4.29. The summed E-state index contributed by atoms with van der Waals surface area (Å²) in [6.45, 7) is 2.68. The maximum Gasteiger partial charge on any atom is 0.240 e. The van der Waals surface area contributed by atoms with Crippen LogP contribution in [0.15, 0.2) is 52.5 Å². The van der Waals surface area contributed by atoms with E-state index < -0.39 is 9.84 Å². The van der Waals surface area contributed by atoms with Crippen molar-refractivity contribution in [3.05, 3.63) is 48.0 Å². The fourth-order valence-electron chi connectivity index (χ4n) is 2.88. The first-order valence-corrected chi connectivity index (χ1v) is 11.7. The first kappa shape index (κ1) is 19.9. The average molecular weight is 451 g/mol. The molecule has 0 saturated heterocycles. The van der Waals surface area contributed by atoms with E-state index in [1.54, 1.807) is 18.2 Å². The van der Waals surface area contributed by atoms with Crippen molar-refractivity contribution < 1.29 is 13.2 Å². The SMILES string of the molecule is CCCCc1cc(OCCCBr)ccc1S(=O)(=O)c1nc2ccccc2[nH]1. The molecular formula is C20H23BrN2O3S. The number of benzene rings is 2. The summed E-state index contributed by atoms with van der Waals surface area (Å²) in [5.74, 6) is 0.700. The molecule has 0 spiro atoms. The van der Waals surface area contributed by atoms with Crippen molar-refractivity contribution >= 4 is 36.8 Å². The fraction of sp³-hybridized carbons (Fsp3) is 0.350. The van der Waals surface area contributed by atoms with Crippen LogP contribution in [0.2, 0.25) is 0 Å². The van der Waals surface area contributed by atoms with Crippen LogP contribution in [-0.4, -0.2) is 30.3 Å². The highest BCUT2D eigenvalue weighted by Crippen LogP contribution is 2.28. The lowest BCUT2D eigenvalue weighted by Crippen LogP contribution is -2.08. The summed E-state index contributed by atoms with van der Waals surface area (Å²) in [6, 6.07) is 12.5. The Morgan fingerprint density at radius 2 is 1.96 bits per heavy atom. The van der Waals surface area contributed by atoms with E-state index in [1.165, 1.54) is 0 Å². The number of imidazole rings is 1. The van der Waals surface area contributed by atoms with Crippen LogP contribution in [-0.2, 0) is 16.3 Å². The van der Waals surface area contributed by atoms with Crippen molar-refractivity contribution in [1.29, 1.82) is 0 Å². The van der Waals surface area contributed by atoms with Gasteiger partial charge in [-0.05, 0) is 55.2 Å². The highest BCUT2D eigenvalue weighted by molar-refractivity contribution is 9.09. The van der Waals surface area contributed by atoms with Crippen molar-refractivity contribution in [2.24, 2.45) is 0 Å². The van der Waals surface area contributed by atoms with Crippen LogP contribution < -0.4 is 4.74 Å². The smallest absolute Gasteiger partial charge is 0.240 e. The number of aromatic nitrogens is 2. The average Bonchev–Trinajstić information content (AvgIpc) is 3.12. The second kappa shape index (κ2) is 8.89. The molecule has 144 valence electrons. The number of ether oxygens (including phenoxy) is 1. The minimum absolute atomic E-state index is 0.0191. The molecule has 0 atom stereocenters. The highest BCUT2D eigenvalue weighted by atomic mass is 79.9. The lowest BCUT2D eigenvalue weighted by Gasteiger charge is -2.12. The summed E-state index contributed by atoms with van der Waals surface area (Å²) < 4.78 is 32.2. The van der Waals surface area contributed by atoms with E-state index in [2.05, 4.69) is 32.8 Å². The molecule has 3 rings (SSSR count). The van der Waals surface area contributed by atoms with Gasteiger partial charge in [-0.15, -0.1) is 0 Å². The number of halogens is 1. The number of hydrogen-bond donors (Lipinski definition) is 1. The summed E-state index contributed by atoms with van der Waals surface area (Å²) in [5.41, 5.74) is 2.12. The topological polar surface area (TPSA) is 72.1 Å². The fourth-order valence-corrected chi connectivity index (χ4v) is 4.53. The molecule has 1 aromatic heterocycles. The number of alkyl halides is 1. The van der Waals surface area contributed by atoms with Gasteiger partial charge in [-0.3, -0.25) is 0 Å². The first-order valence-electron chi connectivity index (χ1n) is 9.07. The molecule has 27 heavy (non-hydrogen) atoms. The monoisotopic (exact) mass is 450 g/mol. The molecule has 0 bridgehead atoms. The first-order chi connectivity index (χ1) is 13.1. The number of sulfone groups is 1. The molecule has 0 aliphatic carbocycles. The Morgan fingerprint density at radius 1 is 1.15 bits per heavy atom. The normalized spacial score (nSPS) is 11.8. The number of fused-ring (bicyclic) bond motifs is 1. The number of hydrogen-bond acceptors (Lipinski definition) is 4. The Hall–Kier alpha value is -1.86. The molecule has 1 heterocycles. The standard InChI is InChI=1S/C20H23BrN2O3S/c1-2-3-7-15-14-16(26-13-6-12-21)10-11-19(15)27(24,25)20-22-17-8-4-5-9-18(17)23-20/h4-5,8-11,14H,2-3,6-7,12-13H2,1H3,(H,22,23). The summed E-state index contributed by atoms with van der Waals surface area (Å²) in [4.78, 5) is 7.52. The molecule has 2 aromatic carbocycles. The predicted octanol–water partition coefficient (Wildman–Crippen LogP) is 4.90. The molecular weight excluding hydrogens is 428 g/mol. The third kappa shape index (κ3) is 4.52. The molecule has 0 saturated carbocycles. The van der Waals surface area contributed by atoms with Gasteiger partial charge in [-0.1, -0.05) is 41.4 Å². The van der Waals surface area contributed by atoms with Gasteiger partial charge < -0.3 is 9.72 Å². The zero-order chi connectivity index (χ0) is 19.3. The molecule has 5 nitrogen and oxygen atoms in total. The molecule has 0 aliphatic heterocycles. The minimum atomic E-state index is -3.73. The quantitative estimate of drug-likeness (QED) is 0.371. The van der Waals surface area contributed by atoms with Gasteiger partial charge in [-0.2, -0.15) is 0 Å². The maximum atomic E-state index is 13.2. The molecule has 1 N–H and O–H groups in total. The Morgan fingerprint density at radius 3 is 2.70 bits per heavy atom. The summed E-state index contributed by atoms with van der Waals surface area (Å²) >= 11 is 3.38. The predicted molar refractivity (Wildman–Crippen MR) is 111 cm³/mol. The third-order valence-corrected chi connectivity index (χ3v) is 6.53. The Labute approximate surface area is 168 Å². The Bertz CT molecular complexity index is 982. The Kier molecular flexibility index (Phi) is 6.55. The van der Waals surface area contributed by atoms with Crippen LogP contribution >= 0.6 is 15.9 Å². The Balaban J connectivity index is 1.99. The molecule has 0 radical (unpaired) electrons. The van der Waals surface area contributed by atoms with Crippen LogP contribution in [0.25, 0.3) is 11.0 Å². The second-order valence-electron chi connectivity index (χ2n) is 6.33. The number of para-hydroxylation sites is 2. The zero-order valence-electron chi connectivity index (χ0n) is 15.2. The van der Waals surface area contributed by atoms with E-state index in [-0.39, 0.29) is 5.16 Å². The number of rotatable bonds is 9. The number of aryl methyl sites for hydroxylation is 1. The number of H-pyrrole nitrogens is 1. The van der Waals surface area contributed by atoms with Crippen molar-refractivity contribution in [2.45, 2.75) is 42.7 Å². The van der Waals surface area contributed by atoms with Crippen LogP contribution in [0.4, 0.5) is 0 Å². The van der Waals surface area contributed by atoms with Crippen molar-refractivity contribution in [3.63, 3.8) is 0 Å². The van der Waals surface area contributed by atoms with E-state index in [0.29, 0.717) is 34.7 Å². The van der Waals surface area contributed by atoms with Gasteiger partial charge in [-0.25, -0.2) is 13.4 Å². The van der Waals surface area contributed by atoms with Gasteiger partial charge in [0.1, 0.15) is 5.75 Å². The lowest BCUT2D eigenvalue weighted by molar-refractivity contribution is 0.318. The molecule has 7 heteroatoms. The van der Waals surface area contributed by atoms with E-state index in [9.17, 15) is 8.42 Å². The van der Waals surface area contributed by atoms with Gasteiger partial charge in [0.25, 0.3) is 0 Å². The lowest BCUT2D eigenvalue weighted by atomic mass is 10.1. The largest absolute Gasteiger partial charge is 0.494 e. The van der Waals surface area contributed by atoms with Crippen LogP contribution in [0, 0.1) is 0 Å². The number of aromatic amines is 1. The minimum Gasteiger partial charge on any atom is -0.494 e. The van der Waals surface area contributed by atoms with Crippen LogP contribution in [0.3, 0.4) is 0 Å². The van der Waals surface area contributed by atoms with Crippen molar-refractivity contribution in [1.82, 2.24) is 9.97 Å². The summed E-state index contributed by atoms with van der Waals surface area (Å²) in [7, 11) is -3.73. The van der Waals surface area contributed by atoms with Crippen molar-refractivity contribution in [2.75, 3.05) is 11.9 Å². The molecule has 0 fully saturated rings. The van der Waals surface area contributed by atoms with E-state index in [0.717, 1.165) is 30.2 Å². The van der Waals surface area contributed by atoms with Gasteiger partial charge in [0.2, 0.25) is 15.0 Å². The van der Waals surface area contributed by atoms with Gasteiger partial charge >= 0.3 is 0 Å². The number of unbranched alkanes of at least 4 members (excludes halogenated alkanes) is 1. The van der Waals surface area contributed by atoms with Crippen LogP contribution in [0.5, 0.6) is 5.75 Å². The van der Waals surface area contributed by atoms with Crippen molar-refractivity contribution in [3.8, 4) is 5.75 Å². The summed E-state index contributed by atoms with van der Waals surface area (Å²) in [6.07, 6.45) is 3.47. The second-order valence-corrected chi connectivity index (χ2v) is 8.95. The molecule has 3 aromatic rings. The number of nitrogens with one attached hydrogen (secondary N) is 1. The van der Waals surface area contributed by atoms with Crippen LogP contribution in [0.1, 0.15) is 31.7 Å². The maximum absolute atomic E-state index is 13.2. The highest BCUT2D eigenvalue weighted by Gasteiger charge is 2.25. The summed E-state index contributed by atoms with van der Waals surface area (Å²) in [5, 5.41) is 0.850. The molecule has 0 aliphatic rings. The molecule has 0 amide bonds. The van der Waals surface area contributed by atoms with E-state index in [4.69, 9.17) is 4.74 Å². The van der Waals surface area contributed by atoms with E-state index >= 15 is 0 Å². The van der Waals surface area contributed by atoms with Gasteiger partial charge in [0.15, 0.2) is 0 Å². The van der Waals surface area contributed by atoms with Gasteiger partial charge in [0, 0.05) is 5.33 Å². The molecule has 0 unspecified atom stereocenters.